The van der Waals surface area contributed by atoms with Gasteiger partial charge in [0.05, 0.1) is 44.6 Å². The van der Waals surface area contributed by atoms with Gasteiger partial charge in [-0.3, -0.25) is 14.9 Å². The van der Waals surface area contributed by atoms with E-state index in [0.29, 0.717) is 57.7 Å². The summed E-state index contributed by atoms with van der Waals surface area (Å²) in [6.45, 7) is 5.35. The summed E-state index contributed by atoms with van der Waals surface area (Å²) in [7, 11) is 0. The minimum absolute atomic E-state index is 0.0125. The normalized spacial score (nSPS) is 12.4. The van der Waals surface area contributed by atoms with Crippen molar-refractivity contribution in [3.63, 3.8) is 0 Å². The zero-order valence-electron chi connectivity index (χ0n) is 30.1. The van der Waals surface area contributed by atoms with Crippen LogP contribution in [-0.4, -0.2) is 90.1 Å². The second kappa shape index (κ2) is 32.4. The van der Waals surface area contributed by atoms with E-state index in [9.17, 15) is 19.5 Å². The number of allylic oxidation sites excluding steroid dienone is 1. The van der Waals surface area contributed by atoms with Gasteiger partial charge in [0.1, 0.15) is 12.5 Å². The number of carbonyl (C=O) groups excluding carboxylic acids is 3. The van der Waals surface area contributed by atoms with Crippen molar-refractivity contribution >= 4 is 18.1 Å². The topological polar surface area (TPSA) is 175 Å². The lowest BCUT2D eigenvalue weighted by Gasteiger charge is -2.17. The quantitative estimate of drug-likeness (QED) is 0.0227. The van der Waals surface area contributed by atoms with Crippen LogP contribution in [0.5, 0.6) is 0 Å². The van der Waals surface area contributed by atoms with Crippen LogP contribution in [0.25, 0.3) is 0 Å². The second-order valence-corrected chi connectivity index (χ2v) is 12.9. The van der Waals surface area contributed by atoms with Crippen molar-refractivity contribution < 1.29 is 34.1 Å². The van der Waals surface area contributed by atoms with Crippen LogP contribution < -0.4 is 16.0 Å². The van der Waals surface area contributed by atoms with Crippen LogP contribution in [0.15, 0.2) is 24.9 Å². The summed E-state index contributed by atoms with van der Waals surface area (Å²) in [6, 6.07) is -0.557. The van der Waals surface area contributed by atoms with Crippen LogP contribution in [0.2, 0.25) is 0 Å². The number of rotatable bonds is 36. The fourth-order valence-electron chi connectivity index (χ4n) is 5.50. The highest BCUT2D eigenvalue weighted by Gasteiger charge is 2.14. The van der Waals surface area contributed by atoms with E-state index in [2.05, 4.69) is 32.5 Å². The van der Waals surface area contributed by atoms with Gasteiger partial charge < -0.3 is 40.1 Å². The lowest BCUT2D eigenvalue weighted by Crippen LogP contribution is -2.43. The molecule has 0 saturated carbocycles. The number of ether oxygens (including phenoxy) is 2. The highest BCUT2D eigenvalue weighted by atomic mass is 16.5. The highest BCUT2D eigenvalue weighted by Crippen LogP contribution is 2.15. The number of aromatic nitrogens is 2. The molecule has 0 aliphatic heterocycles. The first-order chi connectivity index (χ1) is 23.9. The maximum Gasteiger partial charge on any atom is 0.220 e. The Hall–Kier alpha value is -2.80. The number of aliphatic hydroxyl groups is 2. The number of amides is 2. The molecule has 1 rings (SSSR count). The molecule has 0 radical (unpaired) electrons. The van der Waals surface area contributed by atoms with Crippen molar-refractivity contribution in [3.8, 4) is 0 Å². The van der Waals surface area contributed by atoms with Crippen molar-refractivity contribution in [2.24, 2.45) is 0 Å². The molecule has 12 nitrogen and oxygen atoms in total. The van der Waals surface area contributed by atoms with E-state index in [1.54, 1.807) is 6.20 Å². The predicted molar refractivity (Wildman–Crippen MR) is 193 cm³/mol. The van der Waals surface area contributed by atoms with E-state index in [1.807, 2.05) is 0 Å². The predicted octanol–water partition coefficient (Wildman–Crippen LogP) is 5.57. The highest BCUT2D eigenvalue weighted by molar-refractivity contribution is 5.77. The van der Waals surface area contributed by atoms with Gasteiger partial charge in [0.25, 0.3) is 0 Å². The Morgan fingerprint density at radius 1 is 0.755 bits per heavy atom. The molecular formula is C37H67N5O7. The number of aromatic amines is 1. The first-order valence-electron chi connectivity index (χ1n) is 18.8. The van der Waals surface area contributed by atoms with Gasteiger partial charge in [-0.1, -0.05) is 96.5 Å². The molecule has 2 unspecified atom stereocenters. The number of nitrogens with zero attached hydrogens (tertiary/aromatic N) is 1. The molecule has 2 amide bonds. The van der Waals surface area contributed by atoms with Crippen LogP contribution in [0, 0.1) is 0 Å². The van der Waals surface area contributed by atoms with Crippen molar-refractivity contribution in [2.45, 2.75) is 147 Å². The van der Waals surface area contributed by atoms with E-state index in [4.69, 9.17) is 14.6 Å². The van der Waals surface area contributed by atoms with Gasteiger partial charge in [-0.15, -0.1) is 0 Å². The summed E-state index contributed by atoms with van der Waals surface area (Å²) < 4.78 is 10.8. The first-order valence-corrected chi connectivity index (χ1v) is 18.8. The number of imidazole rings is 1. The first kappa shape index (κ1) is 44.2. The van der Waals surface area contributed by atoms with E-state index in [-0.39, 0.29) is 25.0 Å². The Kier molecular flexibility index (Phi) is 29.2. The lowest BCUT2D eigenvalue weighted by molar-refractivity contribution is -0.123. The largest absolute Gasteiger partial charge is 0.513 e. The van der Waals surface area contributed by atoms with Gasteiger partial charge in [-0.05, 0) is 19.3 Å². The third kappa shape index (κ3) is 29.8. The van der Waals surface area contributed by atoms with E-state index >= 15 is 0 Å². The summed E-state index contributed by atoms with van der Waals surface area (Å²) in [5.74, 6) is 0.299. The number of aldehydes is 1. The van der Waals surface area contributed by atoms with Crippen molar-refractivity contribution in [3.05, 3.63) is 30.6 Å². The zero-order chi connectivity index (χ0) is 35.6. The zero-order valence-corrected chi connectivity index (χ0v) is 30.1. The van der Waals surface area contributed by atoms with Crippen LogP contribution in [0.1, 0.15) is 134 Å². The summed E-state index contributed by atoms with van der Waals surface area (Å²) in [6.07, 6.45) is 25.5. The fourth-order valence-corrected chi connectivity index (χ4v) is 5.50. The Balaban J connectivity index is 1.79. The van der Waals surface area contributed by atoms with Crippen LogP contribution in [0.3, 0.4) is 0 Å². The molecule has 1 aromatic rings. The van der Waals surface area contributed by atoms with Crippen LogP contribution >= 0.6 is 0 Å². The molecule has 6 N–H and O–H groups in total. The number of carbonyl (C=O) groups is 3. The molecule has 0 aliphatic carbocycles. The van der Waals surface area contributed by atoms with Crippen molar-refractivity contribution in [1.82, 2.24) is 25.9 Å². The maximum atomic E-state index is 12.1. The van der Waals surface area contributed by atoms with Gasteiger partial charge in [0.2, 0.25) is 11.8 Å². The molecule has 12 heteroatoms. The molecule has 0 spiro atoms. The number of nitrogens with one attached hydrogen (secondary N) is 4. The van der Waals surface area contributed by atoms with Crippen LogP contribution in [0.4, 0.5) is 0 Å². The summed E-state index contributed by atoms with van der Waals surface area (Å²) in [5.41, 5.74) is 0.789. The number of aliphatic hydroxyl groups excluding tert-OH is 2. The van der Waals surface area contributed by atoms with Crippen molar-refractivity contribution in [1.29, 1.82) is 0 Å². The molecule has 282 valence electrons. The molecule has 2 atom stereocenters. The van der Waals surface area contributed by atoms with E-state index in [0.717, 1.165) is 37.7 Å². The number of hydrogen-bond donors (Lipinski definition) is 6. The Labute approximate surface area is 295 Å². The summed E-state index contributed by atoms with van der Waals surface area (Å²) in [4.78, 5) is 42.1. The minimum Gasteiger partial charge on any atom is -0.513 e. The molecule has 0 saturated heterocycles. The fraction of sp³-hybridized carbons (Fsp3) is 0.784. The second-order valence-electron chi connectivity index (χ2n) is 12.9. The summed E-state index contributed by atoms with van der Waals surface area (Å²) in [5, 5.41) is 27.6. The molecule has 1 aromatic heterocycles. The Morgan fingerprint density at radius 3 is 1.80 bits per heavy atom. The molecule has 0 bridgehead atoms. The lowest BCUT2D eigenvalue weighted by atomic mass is 10.0. The number of H-pyrrole nitrogens is 1. The Morgan fingerprint density at radius 2 is 1.27 bits per heavy atom. The van der Waals surface area contributed by atoms with Gasteiger partial charge in [0.15, 0.2) is 0 Å². The molecule has 1 heterocycles. The molecule has 0 aliphatic rings. The molecule has 0 fully saturated rings. The van der Waals surface area contributed by atoms with Gasteiger partial charge in [-0.25, -0.2) is 4.98 Å². The maximum absolute atomic E-state index is 12.1. The minimum atomic E-state index is -0.990. The van der Waals surface area contributed by atoms with Gasteiger partial charge >= 0.3 is 0 Å². The SMILES string of the molecule is C=C(O)CCCCCCCCCCCCCCCCCCC(=O)NCCCC(=O)NCCOCCOCC(O)NC(C=O)Cc1cnc[nH]1. The van der Waals surface area contributed by atoms with E-state index in [1.165, 1.54) is 89.8 Å². The van der Waals surface area contributed by atoms with Crippen molar-refractivity contribution in [2.75, 3.05) is 39.5 Å². The van der Waals surface area contributed by atoms with Crippen LogP contribution in [-0.2, 0) is 30.3 Å². The van der Waals surface area contributed by atoms with Gasteiger partial charge in [-0.2, -0.15) is 0 Å². The van der Waals surface area contributed by atoms with Gasteiger partial charge in [0, 0.05) is 50.7 Å². The molecular weight excluding hydrogens is 626 g/mol. The van der Waals surface area contributed by atoms with E-state index < -0.39 is 12.3 Å². The Bertz CT molecular complexity index is 948. The smallest absolute Gasteiger partial charge is 0.220 e. The third-order valence-electron chi connectivity index (χ3n) is 8.30. The standard InChI is InChI=1S/C37H67N5O7/c1-32(44)19-16-14-12-10-8-6-4-2-3-5-7-9-11-13-15-17-20-35(45)39-22-18-21-36(46)40-23-24-48-25-26-49-30-37(47)42-34(29-43)27-33-28-38-31-41-33/h28-29,31,34,37,42,44,47H,1-27,30H2,(H,38,41)(H,39,45)(H,40,46). The number of unbranched alkanes of at least 4 members (excludes halogenated alkanes) is 15. The molecule has 0 aromatic carbocycles. The average molecular weight is 694 g/mol. The number of hydrogen-bond acceptors (Lipinski definition) is 9. The average Bonchev–Trinajstić information content (AvgIpc) is 3.60. The third-order valence-corrected chi connectivity index (χ3v) is 8.30. The molecule has 49 heavy (non-hydrogen) atoms. The summed E-state index contributed by atoms with van der Waals surface area (Å²) >= 11 is 0. The monoisotopic (exact) mass is 694 g/mol.